The Hall–Kier alpha value is -1.49. The molecule has 1 aromatic rings. The van der Waals surface area contributed by atoms with Crippen molar-refractivity contribution in [1.29, 1.82) is 0 Å². The number of thioether (sulfide) groups is 1. The summed E-state index contributed by atoms with van der Waals surface area (Å²) in [5.41, 5.74) is 1.35. The number of amides is 2. The molecule has 1 N–H and O–H groups in total. The van der Waals surface area contributed by atoms with Gasteiger partial charge in [-0.15, -0.1) is 11.8 Å². The van der Waals surface area contributed by atoms with E-state index >= 15 is 0 Å². The molecule has 0 bridgehead atoms. The average molecular weight is 349 g/mol. The fourth-order valence-corrected chi connectivity index (χ4v) is 3.80. The zero-order valence-corrected chi connectivity index (χ0v) is 15.5. The number of rotatable bonds is 8. The minimum absolute atomic E-state index is 0.0507. The molecule has 1 aliphatic rings. The van der Waals surface area contributed by atoms with Crippen molar-refractivity contribution in [3.05, 3.63) is 29.8 Å². The Labute approximate surface area is 149 Å². The molecule has 1 saturated heterocycles. The fraction of sp³-hybridized carbons (Fsp3) is 0.579. The normalized spacial score (nSPS) is 15.3. The number of likely N-dealkylation sites (tertiary alicyclic amines) is 1. The Morgan fingerprint density at radius 1 is 1.21 bits per heavy atom. The van der Waals surface area contributed by atoms with Crippen molar-refractivity contribution in [3.63, 3.8) is 0 Å². The molecule has 0 saturated carbocycles. The van der Waals surface area contributed by atoms with E-state index < -0.39 is 6.04 Å². The van der Waals surface area contributed by atoms with Crippen molar-refractivity contribution in [3.8, 4) is 0 Å². The number of aryl methyl sites for hydroxylation is 1. The summed E-state index contributed by atoms with van der Waals surface area (Å²) in [6, 6.07) is 8.11. The standard InChI is InChI=1S/C19H28N2O2S/c1-3-4-7-16-8-10-17(11-9-16)24-14-18(20-15(2)22)19(23)21-12-5-6-13-21/h8-11,18H,3-7,12-14H2,1-2H3,(H,20,22). The molecular formula is C19H28N2O2S. The van der Waals surface area contributed by atoms with E-state index in [9.17, 15) is 9.59 Å². The number of nitrogens with zero attached hydrogens (tertiary/aromatic N) is 1. The number of nitrogens with one attached hydrogen (secondary N) is 1. The van der Waals surface area contributed by atoms with E-state index in [-0.39, 0.29) is 11.8 Å². The third-order valence-electron chi connectivity index (χ3n) is 4.25. The Bertz CT molecular complexity index is 539. The third-order valence-corrected chi connectivity index (χ3v) is 5.36. The summed E-state index contributed by atoms with van der Waals surface area (Å²) in [6.07, 6.45) is 5.65. The molecule has 0 radical (unpaired) electrons. The Kier molecular flexibility index (Phi) is 7.63. The lowest BCUT2D eigenvalue weighted by molar-refractivity contribution is -0.134. The highest BCUT2D eigenvalue weighted by Crippen LogP contribution is 2.21. The largest absolute Gasteiger partial charge is 0.344 e. The van der Waals surface area contributed by atoms with Gasteiger partial charge < -0.3 is 10.2 Å². The second-order valence-electron chi connectivity index (χ2n) is 6.34. The van der Waals surface area contributed by atoms with Crippen LogP contribution in [0.4, 0.5) is 0 Å². The van der Waals surface area contributed by atoms with Gasteiger partial charge in [-0.3, -0.25) is 9.59 Å². The SMILES string of the molecule is CCCCc1ccc(SCC(NC(C)=O)C(=O)N2CCCC2)cc1. The summed E-state index contributed by atoms with van der Waals surface area (Å²) in [4.78, 5) is 27.0. The molecule has 1 unspecified atom stereocenters. The van der Waals surface area contributed by atoms with Gasteiger partial charge in [-0.2, -0.15) is 0 Å². The van der Waals surface area contributed by atoms with Crippen LogP contribution < -0.4 is 5.32 Å². The second kappa shape index (κ2) is 9.72. The molecule has 2 amide bonds. The second-order valence-corrected chi connectivity index (χ2v) is 7.44. The van der Waals surface area contributed by atoms with Crippen LogP contribution in [-0.4, -0.2) is 41.6 Å². The van der Waals surface area contributed by atoms with Crippen LogP contribution in [0.5, 0.6) is 0 Å². The first-order valence-electron chi connectivity index (χ1n) is 8.87. The van der Waals surface area contributed by atoms with Crippen molar-refractivity contribution >= 4 is 23.6 Å². The lowest BCUT2D eigenvalue weighted by atomic mass is 10.1. The Morgan fingerprint density at radius 3 is 2.46 bits per heavy atom. The first-order chi connectivity index (χ1) is 11.6. The van der Waals surface area contributed by atoms with Crippen molar-refractivity contribution in [2.24, 2.45) is 0 Å². The summed E-state index contributed by atoms with van der Waals surface area (Å²) < 4.78 is 0. The van der Waals surface area contributed by atoms with Gasteiger partial charge in [0.05, 0.1) is 0 Å². The molecule has 0 aromatic heterocycles. The smallest absolute Gasteiger partial charge is 0.246 e. The molecule has 1 aliphatic heterocycles. The van der Waals surface area contributed by atoms with E-state index in [0.29, 0.717) is 5.75 Å². The molecule has 4 nitrogen and oxygen atoms in total. The van der Waals surface area contributed by atoms with Gasteiger partial charge in [0.15, 0.2) is 0 Å². The fourth-order valence-electron chi connectivity index (χ4n) is 2.89. The molecule has 1 heterocycles. The summed E-state index contributed by atoms with van der Waals surface area (Å²) in [7, 11) is 0. The molecule has 1 aromatic carbocycles. The van der Waals surface area contributed by atoms with Gasteiger partial charge >= 0.3 is 0 Å². The molecule has 2 rings (SSSR count). The Morgan fingerprint density at radius 2 is 1.88 bits per heavy atom. The zero-order valence-electron chi connectivity index (χ0n) is 14.7. The van der Waals surface area contributed by atoms with Gasteiger partial charge in [0.2, 0.25) is 11.8 Å². The number of hydrogen-bond donors (Lipinski definition) is 1. The maximum Gasteiger partial charge on any atom is 0.246 e. The third kappa shape index (κ3) is 5.86. The number of carbonyl (C=O) groups is 2. The van der Waals surface area contributed by atoms with Crippen molar-refractivity contribution in [1.82, 2.24) is 10.2 Å². The summed E-state index contributed by atoms with van der Waals surface area (Å²) >= 11 is 1.63. The maximum absolute atomic E-state index is 12.6. The van der Waals surface area contributed by atoms with Gasteiger partial charge in [-0.1, -0.05) is 25.5 Å². The first kappa shape index (κ1) is 18.8. The summed E-state index contributed by atoms with van der Waals surface area (Å²) in [5.74, 6) is 0.473. The number of hydrogen-bond acceptors (Lipinski definition) is 3. The van der Waals surface area contributed by atoms with E-state index in [2.05, 4.69) is 36.5 Å². The average Bonchev–Trinajstić information content (AvgIpc) is 3.11. The van der Waals surface area contributed by atoms with Crippen LogP contribution in [0.2, 0.25) is 0 Å². The number of unbranched alkanes of at least 4 members (excludes halogenated alkanes) is 1. The summed E-state index contributed by atoms with van der Waals surface area (Å²) in [5, 5.41) is 2.82. The van der Waals surface area contributed by atoms with Gasteiger partial charge in [0.1, 0.15) is 6.04 Å². The van der Waals surface area contributed by atoms with E-state index in [1.54, 1.807) is 11.8 Å². The minimum atomic E-state index is -0.439. The number of carbonyl (C=O) groups excluding carboxylic acids is 2. The van der Waals surface area contributed by atoms with Crippen LogP contribution in [0, 0.1) is 0 Å². The van der Waals surface area contributed by atoms with E-state index in [1.807, 2.05) is 4.90 Å². The van der Waals surface area contributed by atoms with Crippen LogP contribution in [0.25, 0.3) is 0 Å². The van der Waals surface area contributed by atoms with E-state index in [1.165, 1.54) is 25.3 Å². The maximum atomic E-state index is 12.6. The number of benzene rings is 1. The molecule has 0 spiro atoms. The molecule has 132 valence electrons. The summed E-state index contributed by atoms with van der Waals surface area (Å²) in [6.45, 7) is 5.29. The molecule has 24 heavy (non-hydrogen) atoms. The lowest BCUT2D eigenvalue weighted by Crippen LogP contribution is -2.48. The van der Waals surface area contributed by atoms with Crippen molar-refractivity contribution < 1.29 is 9.59 Å². The minimum Gasteiger partial charge on any atom is -0.344 e. The monoisotopic (exact) mass is 348 g/mol. The van der Waals surface area contributed by atoms with Crippen LogP contribution in [0.3, 0.4) is 0 Å². The Balaban J connectivity index is 1.91. The first-order valence-corrected chi connectivity index (χ1v) is 9.86. The van der Waals surface area contributed by atoms with Crippen molar-refractivity contribution in [2.45, 2.75) is 56.9 Å². The van der Waals surface area contributed by atoms with Gasteiger partial charge in [-0.25, -0.2) is 0 Å². The lowest BCUT2D eigenvalue weighted by Gasteiger charge is -2.23. The molecular weight excluding hydrogens is 320 g/mol. The van der Waals surface area contributed by atoms with E-state index in [0.717, 1.165) is 37.2 Å². The van der Waals surface area contributed by atoms with E-state index in [4.69, 9.17) is 0 Å². The predicted octanol–water partition coefficient (Wildman–Crippen LogP) is 3.25. The van der Waals surface area contributed by atoms with Gasteiger partial charge in [0, 0.05) is 30.7 Å². The predicted molar refractivity (Wildman–Crippen MR) is 99.2 cm³/mol. The van der Waals surface area contributed by atoms with Crippen molar-refractivity contribution in [2.75, 3.05) is 18.8 Å². The highest BCUT2D eigenvalue weighted by atomic mass is 32.2. The molecule has 5 heteroatoms. The zero-order chi connectivity index (χ0) is 17.4. The van der Waals surface area contributed by atoms with Crippen LogP contribution in [0.1, 0.15) is 45.1 Å². The highest BCUT2D eigenvalue weighted by Gasteiger charge is 2.27. The molecule has 1 atom stereocenters. The van der Waals surface area contributed by atoms with Gasteiger partial charge in [0.25, 0.3) is 0 Å². The molecule has 1 fully saturated rings. The topological polar surface area (TPSA) is 49.4 Å². The highest BCUT2D eigenvalue weighted by molar-refractivity contribution is 7.99. The van der Waals surface area contributed by atoms with Crippen LogP contribution >= 0.6 is 11.8 Å². The molecule has 0 aliphatic carbocycles. The van der Waals surface area contributed by atoms with Gasteiger partial charge in [-0.05, 0) is 43.4 Å². The quantitative estimate of drug-likeness (QED) is 0.734. The van der Waals surface area contributed by atoms with Crippen LogP contribution in [-0.2, 0) is 16.0 Å². The van der Waals surface area contributed by atoms with Crippen LogP contribution in [0.15, 0.2) is 29.2 Å².